The Balaban J connectivity index is 2.55. The maximum Gasteiger partial charge on any atom is 0.0571 e. The van der Waals surface area contributed by atoms with Gasteiger partial charge in [0, 0.05) is 23.3 Å². The van der Waals surface area contributed by atoms with Crippen LogP contribution in [0.4, 0.5) is 0 Å². The van der Waals surface area contributed by atoms with Gasteiger partial charge in [-0.1, -0.05) is 0 Å². The normalized spacial score (nSPS) is 12.8. The summed E-state index contributed by atoms with van der Waals surface area (Å²) in [6.07, 6.45) is 3.22. The van der Waals surface area contributed by atoms with Crippen LogP contribution in [0.3, 0.4) is 0 Å². The molecule has 0 aromatic carbocycles. The second kappa shape index (κ2) is 5.32. The SMILES string of the molecule is N[C@H](CCCO)c1ccc(Br)cn1. The first-order chi connectivity index (χ1) is 6.24. The van der Waals surface area contributed by atoms with Gasteiger partial charge in [0.05, 0.1) is 5.69 Å². The Morgan fingerprint density at radius 2 is 2.31 bits per heavy atom. The molecule has 13 heavy (non-hydrogen) atoms. The van der Waals surface area contributed by atoms with E-state index in [1.807, 2.05) is 12.1 Å². The molecule has 72 valence electrons. The highest BCUT2D eigenvalue weighted by atomic mass is 79.9. The number of nitrogens with two attached hydrogens (primary N) is 1. The minimum Gasteiger partial charge on any atom is -0.396 e. The highest BCUT2D eigenvalue weighted by Crippen LogP contribution is 2.15. The summed E-state index contributed by atoms with van der Waals surface area (Å²) in [4.78, 5) is 4.18. The summed E-state index contributed by atoms with van der Waals surface area (Å²) < 4.78 is 0.950. The van der Waals surface area contributed by atoms with E-state index < -0.39 is 0 Å². The molecule has 0 saturated heterocycles. The van der Waals surface area contributed by atoms with Crippen molar-refractivity contribution in [1.29, 1.82) is 0 Å². The number of aliphatic hydroxyl groups is 1. The Bertz CT molecular complexity index is 250. The molecule has 0 aliphatic rings. The molecule has 1 atom stereocenters. The molecule has 3 N–H and O–H groups in total. The Kier molecular flexibility index (Phi) is 4.35. The molecule has 0 saturated carbocycles. The number of aliphatic hydroxyl groups excluding tert-OH is 1. The first-order valence-corrected chi connectivity index (χ1v) is 5.01. The predicted molar refractivity (Wildman–Crippen MR) is 55.2 cm³/mol. The maximum atomic E-state index is 8.62. The van der Waals surface area contributed by atoms with Crippen LogP contribution in [-0.4, -0.2) is 16.7 Å². The van der Waals surface area contributed by atoms with Crippen molar-refractivity contribution < 1.29 is 5.11 Å². The summed E-state index contributed by atoms with van der Waals surface area (Å²) in [5.74, 6) is 0. The standard InChI is InChI=1S/C9H13BrN2O/c10-7-3-4-9(12-6-7)8(11)2-1-5-13/h3-4,6,8,13H,1-2,5,11H2/t8-/m1/s1. The highest BCUT2D eigenvalue weighted by Gasteiger charge is 2.05. The number of hydrogen-bond donors (Lipinski definition) is 2. The molecular weight excluding hydrogens is 232 g/mol. The zero-order valence-corrected chi connectivity index (χ0v) is 8.87. The molecule has 1 rings (SSSR count). The molecule has 0 unspecified atom stereocenters. The van der Waals surface area contributed by atoms with Crippen LogP contribution in [0.5, 0.6) is 0 Å². The van der Waals surface area contributed by atoms with Crippen molar-refractivity contribution in [2.24, 2.45) is 5.73 Å². The molecule has 1 aromatic heterocycles. The van der Waals surface area contributed by atoms with Gasteiger partial charge in [-0.15, -0.1) is 0 Å². The van der Waals surface area contributed by atoms with Gasteiger partial charge in [-0.25, -0.2) is 0 Å². The fourth-order valence-electron chi connectivity index (χ4n) is 1.07. The van der Waals surface area contributed by atoms with Crippen molar-refractivity contribution in [3.05, 3.63) is 28.5 Å². The van der Waals surface area contributed by atoms with Gasteiger partial charge >= 0.3 is 0 Å². The molecule has 4 heteroatoms. The third-order valence-corrected chi connectivity index (χ3v) is 2.27. The van der Waals surface area contributed by atoms with Gasteiger partial charge in [0.15, 0.2) is 0 Å². The average molecular weight is 245 g/mol. The molecule has 3 nitrogen and oxygen atoms in total. The van der Waals surface area contributed by atoms with Crippen LogP contribution in [0.2, 0.25) is 0 Å². The van der Waals surface area contributed by atoms with E-state index in [0.717, 1.165) is 23.0 Å². The average Bonchev–Trinajstić information content (AvgIpc) is 2.15. The van der Waals surface area contributed by atoms with Crippen molar-refractivity contribution >= 4 is 15.9 Å². The largest absolute Gasteiger partial charge is 0.396 e. The van der Waals surface area contributed by atoms with E-state index >= 15 is 0 Å². The van der Waals surface area contributed by atoms with Gasteiger partial charge in [0.2, 0.25) is 0 Å². The first-order valence-electron chi connectivity index (χ1n) is 4.22. The zero-order valence-electron chi connectivity index (χ0n) is 7.28. The van der Waals surface area contributed by atoms with Gasteiger partial charge in [-0.3, -0.25) is 4.98 Å². The topological polar surface area (TPSA) is 59.1 Å². The van der Waals surface area contributed by atoms with Crippen molar-refractivity contribution in [1.82, 2.24) is 4.98 Å². The van der Waals surface area contributed by atoms with Gasteiger partial charge < -0.3 is 10.8 Å². The lowest BCUT2D eigenvalue weighted by Gasteiger charge is -2.09. The highest BCUT2D eigenvalue weighted by molar-refractivity contribution is 9.10. The lowest BCUT2D eigenvalue weighted by atomic mass is 10.1. The Morgan fingerprint density at radius 1 is 1.54 bits per heavy atom. The predicted octanol–water partition coefficient (Wildman–Crippen LogP) is 1.62. The van der Waals surface area contributed by atoms with Crippen LogP contribution >= 0.6 is 15.9 Å². The van der Waals surface area contributed by atoms with Crippen molar-refractivity contribution in [2.75, 3.05) is 6.61 Å². The minimum absolute atomic E-state index is 0.0692. The maximum absolute atomic E-state index is 8.62. The molecule has 1 aromatic rings. The van der Waals surface area contributed by atoms with E-state index in [1.54, 1.807) is 6.20 Å². The summed E-state index contributed by atoms with van der Waals surface area (Å²) in [5.41, 5.74) is 6.71. The molecule has 0 fully saturated rings. The molecule has 0 radical (unpaired) electrons. The fourth-order valence-corrected chi connectivity index (χ4v) is 1.30. The van der Waals surface area contributed by atoms with Crippen molar-refractivity contribution in [3.63, 3.8) is 0 Å². The van der Waals surface area contributed by atoms with Crippen LogP contribution in [0.15, 0.2) is 22.8 Å². The third-order valence-electron chi connectivity index (χ3n) is 1.80. The van der Waals surface area contributed by atoms with Gasteiger partial charge in [0.25, 0.3) is 0 Å². The van der Waals surface area contributed by atoms with Crippen LogP contribution in [0.1, 0.15) is 24.6 Å². The molecule has 0 aliphatic heterocycles. The quantitative estimate of drug-likeness (QED) is 0.847. The Labute approximate surface area is 86.1 Å². The summed E-state index contributed by atoms with van der Waals surface area (Å²) >= 11 is 3.30. The van der Waals surface area contributed by atoms with E-state index in [2.05, 4.69) is 20.9 Å². The number of rotatable bonds is 4. The first kappa shape index (κ1) is 10.6. The van der Waals surface area contributed by atoms with E-state index in [1.165, 1.54) is 0 Å². The number of nitrogens with zero attached hydrogens (tertiary/aromatic N) is 1. The molecule has 0 aliphatic carbocycles. The number of hydrogen-bond acceptors (Lipinski definition) is 3. The smallest absolute Gasteiger partial charge is 0.0571 e. The molecule has 0 amide bonds. The molecule has 1 heterocycles. The van der Waals surface area contributed by atoms with E-state index in [9.17, 15) is 0 Å². The van der Waals surface area contributed by atoms with Crippen LogP contribution in [0, 0.1) is 0 Å². The Morgan fingerprint density at radius 3 is 2.85 bits per heavy atom. The monoisotopic (exact) mass is 244 g/mol. The number of halogens is 1. The molecule has 0 spiro atoms. The molecule has 0 bridgehead atoms. The number of aromatic nitrogens is 1. The zero-order chi connectivity index (χ0) is 9.68. The van der Waals surface area contributed by atoms with Crippen LogP contribution in [-0.2, 0) is 0 Å². The lowest BCUT2D eigenvalue weighted by Crippen LogP contribution is -2.12. The van der Waals surface area contributed by atoms with Gasteiger partial charge in [-0.05, 0) is 40.9 Å². The van der Waals surface area contributed by atoms with Crippen molar-refractivity contribution in [3.8, 4) is 0 Å². The van der Waals surface area contributed by atoms with Gasteiger partial charge in [0.1, 0.15) is 0 Å². The number of pyridine rings is 1. The summed E-state index contributed by atoms with van der Waals surface area (Å²) in [6, 6.07) is 3.74. The third kappa shape index (κ3) is 3.42. The van der Waals surface area contributed by atoms with Crippen LogP contribution in [0.25, 0.3) is 0 Å². The van der Waals surface area contributed by atoms with E-state index in [-0.39, 0.29) is 12.6 Å². The second-order valence-electron chi connectivity index (χ2n) is 2.87. The van der Waals surface area contributed by atoms with Crippen LogP contribution < -0.4 is 5.73 Å². The Hall–Kier alpha value is -0.450. The summed E-state index contributed by atoms with van der Waals surface area (Å²) in [7, 11) is 0. The van der Waals surface area contributed by atoms with Crippen molar-refractivity contribution in [2.45, 2.75) is 18.9 Å². The minimum atomic E-state index is -0.0692. The summed E-state index contributed by atoms with van der Waals surface area (Å²) in [6.45, 7) is 0.185. The molecular formula is C9H13BrN2O. The van der Waals surface area contributed by atoms with E-state index in [4.69, 9.17) is 10.8 Å². The lowest BCUT2D eigenvalue weighted by molar-refractivity contribution is 0.279. The summed E-state index contributed by atoms with van der Waals surface area (Å²) in [5, 5.41) is 8.62. The fraction of sp³-hybridized carbons (Fsp3) is 0.444. The second-order valence-corrected chi connectivity index (χ2v) is 3.79. The van der Waals surface area contributed by atoms with Gasteiger partial charge in [-0.2, -0.15) is 0 Å². The van der Waals surface area contributed by atoms with E-state index in [0.29, 0.717) is 0 Å².